The fourth-order valence-electron chi connectivity index (χ4n) is 4.13. The van der Waals surface area contributed by atoms with E-state index in [1.165, 1.54) is 17.0 Å². The van der Waals surface area contributed by atoms with Crippen molar-refractivity contribution in [3.05, 3.63) is 94.3 Å². The highest BCUT2D eigenvalue weighted by Gasteiger charge is 2.36. The molecule has 2 aliphatic rings. The molecule has 5 rings (SSSR count). The molecule has 0 aromatic heterocycles. The molecule has 2 aliphatic heterocycles. The lowest BCUT2D eigenvalue weighted by Crippen LogP contribution is -2.30. The zero-order valence-corrected chi connectivity index (χ0v) is 18.0. The number of hydrogen-bond donors (Lipinski definition) is 2. The molecule has 0 fully saturated rings. The van der Waals surface area contributed by atoms with Gasteiger partial charge in [0.15, 0.2) is 12.5 Å². The highest BCUT2D eigenvalue weighted by Crippen LogP contribution is 2.36. The maximum absolute atomic E-state index is 14.2. The quantitative estimate of drug-likeness (QED) is 0.448. The summed E-state index contributed by atoms with van der Waals surface area (Å²) in [5.74, 6) is -0.922. The third kappa shape index (κ3) is 3.97. The van der Waals surface area contributed by atoms with Gasteiger partial charge in [0, 0.05) is 28.8 Å². The molecule has 0 atom stereocenters. The first-order chi connectivity index (χ1) is 16.5. The molecule has 0 bridgehead atoms. The number of anilines is 1. The molecule has 0 radical (unpaired) electrons. The minimum atomic E-state index is -0.565. The van der Waals surface area contributed by atoms with Crippen molar-refractivity contribution >= 4 is 23.2 Å². The summed E-state index contributed by atoms with van der Waals surface area (Å²) < 4.78 is 25.0. The fourth-order valence-corrected chi connectivity index (χ4v) is 4.13. The summed E-state index contributed by atoms with van der Waals surface area (Å²) in [6.07, 6.45) is 0. The van der Waals surface area contributed by atoms with Crippen molar-refractivity contribution in [3.8, 4) is 5.75 Å². The SMILES string of the molecule is O=C(NCc1ccccc1)c1ccc2c(c1)N(Cc1cc(F)cc3c1OCOC3)C(=O)/C2=N\O. The largest absolute Gasteiger partial charge is 0.467 e. The summed E-state index contributed by atoms with van der Waals surface area (Å²) in [5.41, 5.74) is 2.87. The number of halogens is 1. The van der Waals surface area contributed by atoms with Gasteiger partial charge in [-0.3, -0.25) is 9.59 Å². The second kappa shape index (κ2) is 8.95. The number of nitrogens with one attached hydrogen (secondary N) is 1. The van der Waals surface area contributed by atoms with Gasteiger partial charge in [0.05, 0.1) is 18.8 Å². The van der Waals surface area contributed by atoms with E-state index in [4.69, 9.17) is 9.47 Å². The van der Waals surface area contributed by atoms with Gasteiger partial charge in [0.25, 0.3) is 11.8 Å². The van der Waals surface area contributed by atoms with Crippen LogP contribution in [0.4, 0.5) is 10.1 Å². The monoisotopic (exact) mass is 461 g/mol. The second-order valence-electron chi connectivity index (χ2n) is 7.90. The van der Waals surface area contributed by atoms with Crippen LogP contribution in [-0.4, -0.2) is 29.5 Å². The Morgan fingerprint density at radius 3 is 2.76 bits per heavy atom. The lowest BCUT2D eigenvalue weighted by molar-refractivity contribution is -0.112. The smallest absolute Gasteiger partial charge is 0.281 e. The van der Waals surface area contributed by atoms with Crippen LogP contribution in [0.1, 0.15) is 32.6 Å². The Bertz CT molecular complexity index is 1310. The maximum Gasteiger partial charge on any atom is 0.281 e. The molecule has 0 spiro atoms. The van der Waals surface area contributed by atoms with Crippen LogP contribution in [-0.2, 0) is 29.2 Å². The average Bonchev–Trinajstić information content (AvgIpc) is 3.12. The van der Waals surface area contributed by atoms with Crippen LogP contribution < -0.4 is 15.0 Å². The molecule has 34 heavy (non-hydrogen) atoms. The van der Waals surface area contributed by atoms with Crippen molar-refractivity contribution in [1.29, 1.82) is 0 Å². The van der Waals surface area contributed by atoms with Crippen molar-refractivity contribution in [3.63, 3.8) is 0 Å². The molecule has 3 aromatic carbocycles. The molecule has 0 aliphatic carbocycles. The van der Waals surface area contributed by atoms with Crippen molar-refractivity contribution < 1.29 is 28.7 Å². The number of oxime groups is 1. The predicted molar refractivity (Wildman–Crippen MR) is 120 cm³/mol. The maximum atomic E-state index is 14.2. The van der Waals surface area contributed by atoms with Crippen LogP contribution in [0.25, 0.3) is 0 Å². The Kier molecular flexibility index (Phi) is 5.69. The van der Waals surface area contributed by atoms with Crippen molar-refractivity contribution in [2.75, 3.05) is 11.7 Å². The number of benzene rings is 3. The van der Waals surface area contributed by atoms with E-state index in [-0.39, 0.29) is 31.6 Å². The molecule has 2 N–H and O–H groups in total. The van der Waals surface area contributed by atoms with Crippen LogP contribution in [0.5, 0.6) is 5.75 Å². The summed E-state index contributed by atoms with van der Waals surface area (Å²) in [7, 11) is 0. The third-order valence-corrected chi connectivity index (χ3v) is 5.73. The van der Waals surface area contributed by atoms with Gasteiger partial charge in [-0.05, 0) is 35.9 Å². The normalized spacial score (nSPS) is 15.6. The first-order valence-electron chi connectivity index (χ1n) is 10.6. The minimum Gasteiger partial charge on any atom is -0.467 e. The van der Waals surface area contributed by atoms with Gasteiger partial charge in [0.1, 0.15) is 11.6 Å². The number of hydrogen-bond acceptors (Lipinski definition) is 6. The summed E-state index contributed by atoms with van der Waals surface area (Å²) in [4.78, 5) is 27.1. The number of carbonyl (C=O) groups excluding carboxylic acids is 2. The lowest BCUT2D eigenvalue weighted by Gasteiger charge is -2.24. The van der Waals surface area contributed by atoms with Crippen molar-refractivity contribution in [2.45, 2.75) is 19.7 Å². The van der Waals surface area contributed by atoms with E-state index < -0.39 is 11.7 Å². The Hall–Kier alpha value is -4.24. The van der Waals surface area contributed by atoms with E-state index >= 15 is 0 Å². The number of ether oxygens (including phenoxy) is 2. The first kappa shape index (κ1) is 21.6. The number of amides is 2. The van der Waals surface area contributed by atoms with Gasteiger partial charge in [-0.1, -0.05) is 35.5 Å². The van der Waals surface area contributed by atoms with Crippen LogP contribution >= 0.6 is 0 Å². The van der Waals surface area contributed by atoms with E-state index in [0.717, 1.165) is 5.56 Å². The number of fused-ring (bicyclic) bond motifs is 2. The Labute approximate surface area is 194 Å². The molecule has 2 heterocycles. The Morgan fingerprint density at radius 2 is 1.97 bits per heavy atom. The zero-order valence-electron chi connectivity index (χ0n) is 18.0. The molecule has 2 amide bonds. The van der Waals surface area contributed by atoms with Gasteiger partial charge in [0.2, 0.25) is 0 Å². The summed E-state index contributed by atoms with van der Waals surface area (Å²) in [5, 5.41) is 15.5. The molecule has 3 aromatic rings. The van der Waals surface area contributed by atoms with Gasteiger partial charge >= 0.3 is 0 Å². The summed E-state index contributed by atoms with van der Waals surface area (Å²) >= 11 is 0. The molecule has 8 nitrogen and oxygen atoms in total. The fraction of sp³-hybridized carbons (Fsp3) is 0.160. The van der Waals surface area contributed by atoms with Crippen LogP contribution in [0.2, 0.25) is 0 Å². The molecule has 9 heteroatoms. The molecule has 0 unspecified atom stereocenters. The topological polar surface area (TPSA) is 100 Å². The van der Waals surface area contributed by atoms with Crippen molar-refractivity contribution in [1.82, 2.24) is 5.32 Å². The van der Waals surface area contributed by atoms with Gasteiger partial charge in [-0.15, -0.1) is 0 Å². The highest BCUT2D eigenvalue weighted by molar-refractivity contribution is 6.54. The lowest BCUT2D eigenvalue weighted by atomic mass is 10.1. The Balaban J connectivity index is 1.45. The van der Waals surface area contributed by atoms with E-state index in [2.05, 4.69) is 10.5 Å². The highest BCUT2D eigenvalue weighted by atomic mass is 19.1. The van der Waals surface area contributed by atoms with Crippen LogP contribution in [0.15, 0.2) is 65.8 Å². The van der Waals surface area contributed by atoms with Gasteiger partial charge in [-0.25, -0.2) is 4.39 Å². The van der Waals surface area contributed by atoms with Gasteiger partial charge < -0.3 is 24.9 Å². The number of carbonyl (C=O) groups is 2. The van der Waals surface area contributed by atoms with Crippen LogP contribution in [0, 0.1) is 5.82 Å². The molecule has 172 valence electrons. The third-order valence-electron chi connectivity index (χ3n) is 5.73. The Morgan fingerprint density at radius 1 is 1.15 bits per heavy atom. The predicted octanol–water partition coefficient (Wildman–Crippen LogP) is 3.35. The first-order valence-corrected chi connectivity index (χ1v) is 10.6. The molecular formula is C25H20FN3O5. The number of nitrogens with zero attached hydrogens (tertiary/aromatic N) is 2. The van der Waals surface area contributed by atoms with Gasteiger partial charge in [-0.2, -0.15) is 0 Å². The van der Waals surface area contributed by atoms with E-state index in [1.54, 1.807) is 18.2 Å². The van der Waals surface area contributed by atoms with E-state index in [1.807, 2.05) is 30.3 Å². The number of rotatable bonds is 5. The molecular weight excluding hydrogens is 441 g/mol. The summed E-state index contributed by atoms with van der Waals surface area (Å²) in [6.45, 7) is 0.516. The average molecular weight is 461 g/mol. The summed E-state index contributed by atoms with van der Waals surface area (Å²) in [6, 6.07) is 16.8. The molecule has 0 saturated carbocycles. The van der Waals surface area contributed by atoms with Crippen LogP contribution in [0.3, 0.4) is 0 Å². The van der Waals surface area contributed by atoms with E-state index in [9.17, 15) is 19.2 Å². The second-order valence-corrected chi connectivity index (χ2v) is 7.90. The standard InChI is InChI=1S/C25H20FN3O5/c26-19-8-17(23-18(9-19)13-33-14-34-23)12-29-21-10-16(6-7-20(21)22(28-32)25(29)31)24(30)27-11-15-4-2-1-3-5-15/h1-10,32H,11-14H2,(H,27,30)/b28-22-. The van der Waals surface area contributed by atoms with E-state index in [0.29, 0.717) is 40.2 Å². The van der Waals surface area contributed by atoms with Crippen molar-refractivity contribution in [2.24, 2.45) is 5.16 Å². The molecule has 0 saturated heterocycles. The zero-order chi connectivity index (χ0) is 23.7. The minimum absolute atomic E-state index is 0.0191.